The molecule has 2 N–H and O–H groups in total. The third kappa shape index (κ3) is 5.55. The topological polar surface area (TPSA) is 73.8 Å². The number of hydrogen-bond donors (Lipinski definition) is 2. The van der Waals surface area contributed by atoms with E-state index < -0.39 is 11.8 Å². The van der Waals surface area contributed by atoms with Crippen LogP contribution in [0.4, 0.5) is 11.4 Å². The van der Waals surface area contributed by atoms with Crippen molar-refractivity contribution in [2.75, 3.05) is 23.3 Å². The van der Waals surface area contributed by atoms with Crippen molar-refractivity contribution in [2.24, 2.45) is 5.10 Å². The summed E-state index contributed by atoms with van der Waals surface area (Å²) in [5, 5.41) is 6.39. The molecule has 0 radical (unpaired) electrons. The first kappa shape index (κ1) is 19.9. The molecule has 0 aliphatic carbocycles. The largest absolute Gasteiger partial charge is 0.372 e. The molecule has 0 aromatic heterocycles. The van der Waals surface area contributed by atoms with E-state index in [1.165, 1.54) is 6.21 Å². The number of carbonyl (C=O) groups excluding carboxylic acids is 2. The van der Waals surface area contributed by atoms with E-state index in [0.717, 1.165) is 27.9 Å². The second-order valence-electron chi connectivity index (χ2n) is 5.40. The van der Waals surface area contributed by atoms with Crippen LogP contribution in [-0.4, -0.2) is 31.1 Å². The molecule has 7 heteroatoms. The molecule has 0 aliphatic rings. The van der Waals surface area contributed by atoms with Gasteiger partial charge in [-0.25, -0.2) is 5.43 Å². The molecular weight excluding hydrogens is 443 g/mol. The summed E-state index contributed by atoms with van der Waals surface area (Å²) in [5.74, 6) is -1.58. The molecule has 26 heavy (non-hydrogen) atoms. The highest BCUT2D eigenvalue weighted by molar-refractivity contribution is 14.1. The zero-order valence-corrected chi connectivity index (χ0v) is 16.9. The van der Waals surface area contributed by atoms with E-state index in [4.69, 9.17) is 0 Å². The minimum absolute atomic E-state index is 0.587. The van der Waals surface area contributed by atoms with Gasteiger partial charge >= 0.3 is 11.8 Å². The number of amides is 2. The van der Waals surface area contributed by atoms with Gasteiger partial charge in [0.1, 0.15) is 0 Å². The van der Waals surface area contributed by atoms with Crippen LogP contribution >= 0.6 is 22.6 Å². The quantitative estimate of drug-likeness (QED) is 0.299. The molecule has 0 bridgehead atoms. The lowest BCUT2D eigenvalue weighted by Crippen LogP contribution is -2.32. The van der Waals surface area contributed by atoms with Gasteiger partial charge in [0.25, 0.3) is 0 Å². The van der Waals surface area contributed by atoms with Crippen LogP contribution in [0.25, 0.3) is 0 Å². The highest BCUT2D eigenvalue weighted by atomic mass is 127. The Labute approximate surface area is 166 Å². The van der Waals surface area contributed by atoms with Crippen molar-refractivity contribution in [3.05, 3.63) is 57.7 Å². The summed E-state index contributed by atoms with van der Waals surface area (Å²) < 4.78 is 0.850. The van der Waals surface area contributed by atoms with Gasteiger partial charge in [-0.3, -0.25) is 9.59 Å². The number of benzene rings is 2. The van der Waals surface area contributed by atoms with Crippen LogP contribution in [0.2, 0.25) is 0 Å². The van der Waals surface area contributed by atoms with Crippen LogP contribution in [0.15, 0.2) is 53.6 Å². The molecule has 2 amide bonds. The van der Waals surface area contributed by atoms with E-state index in [-0.39, 0.29) is 0 Å². The Morgan fingerprint density at radius 1 is 1.04 bits per heavy atom. The lowest BCUT2D eigenvalue weighted by molar-refractivity contribution is -0.136. The minimum atomic E-state index is -0.819. The molecule has 0 aliphatic heterocycles. The monoisotopic (exact) mass is 464 g/mol. The SMILES string of the molecule is CCN(CC)c1ccc(/C=N/NC(=O)C(=O)Nc2ccccc2I)cc1. The summed E-state index contributed by atoms with van der Waals surface area (Å²) in [7, 11) is 0. The van der Waals surface area contributed by atoms with E-state index in [9.17, 15) is 9.59 Å². The standard InChI is InChI=1S/C19H21IN4O2/c1-3-24(4-2)15-11-9-14(10-12-15)13-21-23-19(26)18(25)22-17-8-6-5-7-16(17)20/h5-13H,3-4H2,1-2H3,(H,22,25)(H,23,26)/b21-13+. The molecule has 0 fully saturated rings. The third-order valence-corrected chi connectivity index (χ3v) is 4.67. The fourth-order valence-corrected chi connectivity index (χ4v) is 2.84. The number of nitrogens with zero attached hydrogens (tertiary/aromatic N) is 2. The summed E-state index contributed by atoms with van der Waals surface area (Å²) in [5.41, 5.74) is 4.79. The molecule has 0 saturated heterocycles. The van der Waals surface area contributed by atoms with Gasteiger partial charge in [0.15, 0.2) is 0 Å². The Morgan fingerprint density at radius 3 is 2.31 bits per heavy atom. The van der Waals surface area contributed by atoms with Gasteiger partial charge in [-0.05, 0) is 66.3 Å². The van der Waals surface area contributed by atoms with Crippen LogP contribution in [0.5, 0.6) is 0 Å². The van der Waals surface area contributed by atoms with Crippen molar-refractivity contribution < 1.29 is 9.59 Å². The molecule has 2 aromatic carbocycles. The molecular formula is C19H21IN4O2. The lowest BCUT2D eigenvalue weighted by atomic mass is 10.2. The average molecular weight is 464 g/mol. The molecule has 0 unspecified atom stereocenters. The molecule has 6 nitrogen and oxygen atoms in total. The first-order valence-corrected chi connectivity index (χ1v) is 9.37. The smallest absolute Gasteiger partial charge is 0.329 e. The first-order chi connectivity index (χ1) is 12.5. The van der Waals surface area contributed by atoms with Crippen molar-refractivity contribution in [1.82, 2.24) is 5.43 Å². The Bertz CT molecular complexity index is 786. The summed E-state index contributed by atoms with van der Waals surface area (Å²) in [6.07, 6.45) is 1.50. The maximum absolute atomic E-state index is 11.9. The van der Waals surface area contributed by atoms with E-state index in [0.29, 0.717) is 5.69 Å². The van der Waals surface area contributed by atoms with Crippen LogP contribution in [0.3, 0.4) is 0 Å². The fraction of sp³-hybridized carbons (Fsp3) is 0.211. The van der Waals surface area contributed by atoms with Gasteiger partial charge in [0, 0.05) is 22.3 Å². The van der Waals surface area contributed by atoms with Crippen LogP contribution in [-0.2, 0) is 9.59 Å². The normalized spacial score (nSPS) is 10.6. The number of hydrazone groups is 1. The predicted octanol–water partition coefficient (Wildman–Crippen LogP) is 3.23. The van der Waals surface area contributed by atoms with Crippen LogP contribution in [0, 0.1) is 3.57 Å². The van der Waals surface area contributed by atoms with Crippen molar-refractivity contribution in [3.8, 4) is 0 Å². The zero-order chi connectivity index (χ0) is 18.9. The second-order valence-corrected chi connectivity index (χ2v) is 6.56. The molecule has 2 aromatic rings. The van der Waals surface area contributed by atoms with Gasteiger partial charge in [-0.1, -0.05) is 24.3 Å². The Balaban J connectivity index is 1.90. The van der Waals surface area contributed by atoms with E-state index in [1.807, 2.05) is 36.4 Å². The molecule has 136 valence electrons. The van der Waals surface area contributed by atoms with Gasteiger partial charge in [-0.2, -0.15) is 5.10 Å². The number of rotatable bonds is 6. The number of para-hydroxylation sites is 1. The zero-order valence-electron chi connectivity index (χ0n) is 14.7. The second kappa shape index (κ2) is 9.91. The summed E-state index contributed by atoms with van der Waals surface area (Å²) in [6, 6.07) is 15.0. The Morgan fingerprint density at radius 2 is 1.69 bits per heavy atom. The maximum Gasteiger partial charge on any atom is 0.329 e. The molecule has 2 rings (SSSR count). The van der Waals surface area contributed by atoms with Crippen molar-refractivity contribution in [2.45, 2.75) is 13.8 Å². The van der Waals surface area contributed by atoms with Crippen LogP contribution in [0.1, 0.15) is 19.4 Å². The highest BCUT2D eigenvalue weighted by Gasteiger charge is 2.13. The van der Waals surface area contributed by atoms with E-state index in [2.05, 4.69) is 57.2 Å². The minimum Gasteiger partial charge on any atom is -0.372 e. The summed E-state index contributed by atoms with van der Waals surface area (Å²) in [6.45, 7) is 6.09. The number of anilines is 2. The first-order valence-electron chi connectivity index (χ1n) is 8.29. The van der Waals surface area contributed by atoms with Gasteiger partial charge in [-0.15, -0.1) is 0 Å². The Kier molecular flexibility index (Phi) is 7.58. The number of nitrogens with one attached hydrogen (secondary N) is 2. The average Bonchev–Trinajstić information content (AvgIpc) is 2.65. The van der Waals surface area contributed by atoms with Crippen molar-refractivity contribution >= 4 is 52.0 Å². The fourth-order valence-electron chi connectivity index (χ4n) is 2.32. The van der Waals surface area contributed by atoms with Crippen molar-refractivity contribution in [3.63, 3.8) is 0 Å². The molecule has 0 heterocycles. The van der Waals surface area contributed by atoms with Crippen LogP contribution < -0.4 is 15.6 Å². The third-order valence-electron chi connectivity index (χ3n) is 3.73. The van der Waals surface area contributed by atoms with E-state index >= 15 is 0 Å². The van der Waals surface area contributed by atoms with Gasteiger partial charge < -0.3 is 10.2 Å². The number of carbonyl (C=O) groups is 2. The molecule has 0 saturated carbocycles. The predicted molar refractivity (Wildman–Crippen MR) is 114 cm³/mol. The number of halogens is 1. The van der Waals surface area contributed by atoms with Gasteiger partial charge in [0.05, 0.1) is 11.9 Å². The molecule has 0 atom stereocenters. The lowest BCUT2D eigenvalue weighted by Gasteiger charge is -2.20. The van der Waals surface area contributed by atoms with Gasteiger partial charge in [0.2, 0.25) is 0 Å². The van der Waals surface area contributed by atoms with Crippen molar-refractivity contribution in [1.29, 1.82) is 0 Å². The number of hydrogen-bond acceptors (Lipinski definition) is 4. The summed E-state index contributed by atoms with van der Waals surface area (Å²) in [4.78, 5) is 25.9. The molecule has 0 spiro atoms. The van der Waals surface area contributed by atoms with E-state index in [1.54, 1.807) is 12.1 Å². The summed E-state index contributed by atoms with van der Waals surface area (Å²) >= 11 is 2.09. The maximum atomic E-state index is 11.9. The highest BCUT2D eigenvalue weighted by Crippen LogP contribution is 2.16. The Hall–Kier alpha value is -2.42.